The number of carbonyl (C=O) groups is 3. The number of ether oxygens (including phenoxy) is 2. The minimum Gasteiger partial charge on any atom is -0.478 e. The van der Waals surface area contributed by atoms with Gasteiger partial charge in [-0.2, -0.15) is 0 Å². The zero-order chi connectivity index (χ0) is 26.6. The average Bonchev–Trinajstić information content (AvgIpc) is 3.25. The van der Waals surface area contributed by atoms with Gasteiger partial charge in [0.05, 0.1) is 25.8 Å². The first kappa shape index (κ1) is 28.2. The average molecular weight is 531 g/mol. The van der Waals surface area contributed by atoms with Gasteiger partial charge in [-0.05, 0) is 23.6 Å². The molecule has 2 saturated heterocycles. The minimum absolute atomic E-state index is 0.00258. The normalized spacial score (nSPS) is 18.7. The molecule has 2 unspecified atom stereocenters. The Morgan fingerprint density at radius 2 is 1.62 bits per heavy atom. The highest BCUT2D eigenvalue weighted by molar-refractivity contribution is 6.31. The molecule has 2 aliphatic heterocycles. The van der Waals surface area contributed by atoms with Gasteiger partial charge in [0, 0.05) is 43.2 Å². The second-order valence-electron chi connectivity index (χ2n) is 8.63. The van der Waals surface area contributed by atoms with E-state index in [0.29, 0.717) is 30.1 Å². The lowest BCUT2D eigenvalue weighted by Crippen LogP contribution is -2.39. The lowest BCUT2D eigenvalue weighted by atomic mass is 10.0. The van der Waals surface area contributed by atoms with Crippen LogP contribution in [0.2, 0.25) is 5.02 Å². The van der Waals surface area contributed by atoms with E-state index >= 15 is 0 Å². The van der Waals surface area contributed by atoms with E-state index in [1.807, 2.05) is 47.4 Å². The number of benzene rings is 2. The predicted molar refractivity (Wildman–Crippen MR) is 138 cm³/mol. The number of rotatable bonds is 9. The molecule has 2 heterocycles. The van der Waals surface area contributed by atoms with Gasteiger partial charge in [-0.25, -0.2) is 14.4 Å². The second kappa shape index (κ2) is 14.4. The Balaban J connectivity index is 0.000000414. The third kappa shape index (κ3) is 9.20. The first-order valence-electron chi connectivity index (χ1n) is 12.0. The summed E-state index contributed by atoms with van der Waals surface area (Å²) in [5.74, 6) is -2.51. The van der Waals surface area contributed by atoms with Gasteiger partial charge in [-0.15, -0.1) is 0 Å². The molecule has 10 heteroatoms. The maximum Gasteiger partial charge on any atom is 0.410 e. The summed E-state index contributed by atoms with van der Waals surface area (Å²) >= 11 is 6.30. The highest BCUT2D eigenvalue weighted by atomic mass is 35.5. The summed E-state index contributed by atoms with van der Waals surface area (Å²) in [7, 11) is 0. The van der Waals surface area contributed by atoms with Crippen LogP contribution in [0.15, 0.2) is 66.7 Å². The van der Waals surface area contributed by atoms with Crippen molar-refractivity contribution in [3.05, 3.63) is 82.9 Å². The number of morpholine rings is 1. The van der Waals surface area contributed by atoms with Crippen LogP contribution in [0.5, 0.6) is 0 Å². The SMILES string of the molecule is O=C(O)/C=C/C(=O)O.O=C1OC(Cc2ccccc2Cl)CN1C(CCN1CCOCC1)c1ccccc1. The number of halogens is 1. The van der Waals surface area contributed by atoms with Crippen LogP contribution in [0.4, 0.5) is 4.79 Å². The van der Waals surface area contributed by atoms with Crippen LogP contribution in [0.25, 0.3) is 0 Å². The molecule has 2 aromatic carbocycles. The molecular formula is C27H31ClN2O7. The second-order valence-corrected chi connectivity index (χ2v) is 9.04. The van der Waals surface area contributed by atoms with Gasteiger partial charge in [0.2, 0.25) is 0 Å². The van der Waals surface area contributed by atoms with E-state index in [1.54, 1.807) is 0 Å². The third-order valence-corrected chi connectivity index (χ3v) is 6.43. The summed E-state index contributed by atoms with van der Waals surface area (Å²) in [6, 6.07) is 18.0. The quantitative estimate of drug-likeness (QED) is 0.469. The molecule has 2 atom stereocenters. The van der Waals surface area contributed by atoms with Crippen LogP contribution >= 0.6 is 11.6 Å². The minimum atomic E-state index is -1.26. The summed E-state index contributed by atoms with van der Waals surface area (Å²) < 4.78 is 11.2. The van der Waals surface area contributed by atoms with Crippen molar-refractivity contribution in [1.82, 2.24) is 9.80 Å². The third-order valence-electron chi connectivity index (χ3n) is 6.06. The van der Waals surface area contributed by atoms with Crippen molar-refractivity contribution in [3.63, 3.8) is 0 Å². The van der Waals surface area contributed by atoms with Crippen molar-refractivity contribution in [1.29, 1.82) is 0 Å². The van der Waals surface area contributed by atoms with Crippen molar-refractivity contribution in [2.24, 2.45) is 0 Å². The molecule has 37 heavy (non-hydrogen) atoms. The molecule has 2 fully saturated rings. The Morgan fingerprint density at radius 3 is 2.24 bits per heavy atom. The molecule has 198 valence electrons. The molecule has 0 aromatic heterocycles. The number of hydrogen-bond acceptors (Lipinski definition) is 6. The van der Waals surface area contributed by atoms with Crippen molar-refractivity contribution in [2.45, 2.75) is 25.0 Å². The van der Waals surface area contributed by atoms with Crippen LogP contribution < -0.4 is 0 Å². The van der Waals surface area contributed by atoms with E-state index < -0.39 is 11.9 Å². The molecule has 0 aliphatic carbocycles. The van der Waals surface area contributed by atoms with Crippen LogP contribution in [-0.4, -0.2) is 83.5 Å². The first-order valence-corrected chi connectivity index (χ1v) is 12.4. The van der Waals surface area contributed by atoms with Crippen molar-refractivity contribution in [3.8, 4) is 0 Å². The van der Waals surface area contributed by atoms with Gasteiger partial charge in [-0.3, -0.25) is 9.80 Å². The number of carbonyl (C=O) groups excluding carboxylic acids is 1. The highest BCUT2D eigenvalue weighted by Gasteiger charge is 2.37. The van der Waals surface area contributed by atoms with E-state index in [9.17, 15) is 14.4 Å². The monoisotopic (exact) mass is 530 g/mol. The zero-order valence-corrected chi connectivity index (χ0v) is 21.1. The number of carboxylic acids is 2. The topological polar surface area (TPSA) is 117 Å². The molecule has 2 aliphatic rings. The number of cyclic esters (lactones) is 1. The predicted octanol–water partition coefficient (Wildman–Crippen LogP) is 3.88. The molecule has 0 radical (unpaired) electrons. The Hall–Kier alpha value is -3.40. The summed E-state index contributed by atoms with van der Waals surface area (Å²) in [5.41, 5.74) is 2.16. The van der Waals surface area contributed by atoms with Crippen LogP contribution in [0, 0.1) is 0 Å². The van der Waals surface area contributed by atoms with E-state index in [4.69, 9.17) is 31.3 Å². The van der Waals surface area contributed by atoms with Crippen LogP contribution in [-0.2, 0) is 25.5 Å². The molecule has 1 amide bonds. The largest absolute Gasteiger partial charge is 0.478 e. The van der Waals surface area contributed by atoms with Crippen molar-refractivity contribution >= 4 is 29.6 Å². The van der Waals surface area contributed by atoms with E-state index in [0.717, 1.165) is 50.4 Å². The Morgan fingerprint density at radius 1 is 1.00 bits per heavy atom. The van der Waals surface area contributed by atoms with Crippen molar-refractivity contribution < 1.29 is 34.1 Å². The van der Waals surface area contributed by atoms with E-state index in [-0.39, 0.29) is 18.2 Å². The zero-order valence-electron chi connectivity index (χ0n) is 20.4. The standard InChI is InChI=1S/C23H27ClN2O3.C4H4O4/c24-21-9-5-4-8-19(21)16-20-17-26(23(27)29-20)22(18-6-2-1-3-7-18)10-11-25-12-14-28-15-13-25;5-3(6)1-2-4(7)8/h1-9,20,22H,10-17H2;1-2H,(H,5,6)(H,7,8)/b;2-1+. The smallest absolute Gasteiger partial charge is 0.410 e. The number of nitrogens with zero attached hydrogens (tertiary/aromatic N) is 2. The number of hydrogen-bond donors (Lipinski definition) is 2. The molecule has 4 rings (SSSR count). The molecule has 2 aromatic rings. The highest BCUT2D eigenvalue weighted by Crippen LogP contribution is 2.31. The molecule has 9 nitrogen and oxygen atoms in total. The van der Waals surface area contributed by atoms with Gasteiger partial charge < -0.3 is 19.7 Å². The number of carboxylic acid groups (broad SMARTS) is 2. The van der Waals surface area contributed by atoms with E-state index in [1.165, 1.54) is 0 Å². The molecule has 2 N–H and O–H groups in total. The Kier molecular flexibility index (Phi) is 10.9. The Bertz CT molecular complexity index is 1060. The van der Waals surface area contributed by atoms with Crippen LogP contribution in [0.3, 0.4) is 0 Å². The molecule has 0 spiro atoms. The molecule has 0 bridgehead atoms. The lowest BCUT2D eigenvalue weighted by Gasteiger charge is -2.31. The summed E-state index contributed by atoms with van der Waals surface area (Å²) in [6.07, 6.45) is 2.20. The van der Waals surface area contributed by atoms with Gasteiger partial charge in [0.25, 0.3) is 0 Å². The summed E-state index contributed by atoms with van der Waals surface area (Å²) in [4.78, 5) is 36.2. The fourth-order valence-electron chi connectivity index (χ4n) is 4.26. The van der Waals surface area contributed by atoms with Crippen molar-refractivity contribution in [2.75, 3.05) is 39.4 Å². The summed E-state index contributed by atoms with van der Waals surface area (Å²) in [6.45, 7) is 4.96. The van der Waals surface area contributed by atoms with Gasteiger partial charge in [-0.1, -0.05) is 60.1 Å². The van der Waals surface area contributed by atoms with Gasteiger partial charge in [0.1, 0.15) is 6.10 Å². The number of amides is 1. The maximum absolute atomic E-state index is 12.8. The fourth-order valence-corrected chi connectivity index (χ4v) is 4.47. The molecular weight excluding hydrogens is 500 g/mol. The van der Waals surface area contributed by atoms with Gasteiger partial charge >= 0.3 is 18.0 Å². The lowest BCUT2D eigenvalue weighted by molar-refractivity contribution is -0.134. The maximum atomic E-state index is 12.8. The Labute approximate surface area is 220 Å². The van der Waals surface area contributed by atoms with Gasteiger partial charge in [0.15, 0.2) is 0 Å². The van der Waals surface area contributed by atoms with Crippen LogP contribution in [0.1, 0.15) is 23.6 Å². The van der Waals surface area contributed by atoms with E-state index in [2.05, 4.69) is 17.0 Å². The first-order chi connectivity index (χ1) is 17.8. The molecule has 0 saturated carbocycles. The fraction of sp³-hybridized carbons (Fsp3) is 0.370. The number of aliphatic carboxylic acids is 2. The summed E-state index contributed by atoms with van der Waals surface area (Å²) in [5, 5.41) is 16.3.